The molecule has 0 aliphatic carbocycles. The molecule has 1 fully saturated rings. The van der Waals surface area contributed by atoms with Gasteiger partial charge in [-0.2, -0.15) is 0 Å². The zero-order chi connectivity index (χ0) is 15.5. The first-order valence-corrected chi connectivity index (χ1v) is 6.53. The molecule has 0 unspecified atom stereocenters. The fourth-order valence-electron chi connectivity index (χ4n) is 2.30. The minimum absolute atomic E-state index is 0.141. The number of aliphatic carboxylic acids is 1. The van der Waals surface area contributed by atoms with Crippen molar-refractivity contribution in [3.05, 3.63) is 29.6 Å². The smallest absolute Gasteiger partial charge is 0.311 e. The molecule has 0 bridgehead atoms. The van der Waals surface area contributed by atoms with Crippen LogP contribution in [0.1, 0.15) is 23.2 Å². The average Bonchev–Trinajstić information content (AvgIpc) is 2.46. The lowest BCUT2D eigenvalue weighted by molar-refractivity contribution is -0.154. The Hall–Kier alpha value is -2.15. The summed E-state index contributed by atoms with van der Waals surface area (Å²) in [6.07, 6.45) is 0.539. The van der Waals surface area contributed by atoms with Crippen LogP contribution in [0.3, 0.4) is 0 Å². The molecule has 7 heteroatoms. The highest BCUT2D eigenvalue weighted by Crippen LogP contribution is 2.30. The van der Waals surface area contributed by atoms with Crippen molar-refractivity contribution in [3.63, 3.8) is 0 Å². The molecule has 3 N–H and O–H groups in total. The molecule has 0 radical (unpaired) electrons. The molecule has 1 heterocycles. The molecule has 0 aromatic heterocycles. The van der Waals surface area contributed by atoms with Gasteiger partial charge in [0.25, 0.3) is 5.91 Å². The van der Waals surface area contributed by atoms with Crippen LogP contribution < -0.4 is 5.32 Å². The number of carbonyl (C=O) groups excluding carboxylic acids is 1. The van der Waals surface area contributed by atoms with Crippen molar-refractivity contribution in [2.24, 2.45) is 5.41 Å². The number of carboxylic acids is 1. The van der Waals surface area contributed by atoms with Gasteiger partial charge in [-0.05, 0) is 25.0 Å². The van der Waals surface area contributed by atoms with Gasteiger partial charge >= 0.3 is 5.97 Å². The van der Waals surface area contributed by atoms with E-state index in [-0.39, 0.29) is 19.4 Å². The lowest BCUT2D eigenvalue weighted by Crippen LogP contribution is -2.46. The van der Waals surface area contributed by atoms with Crippen LogP contribution in [0.2, 0.25) is 0 Å². The van der Waals surface area contributed by atoms with Crippen molar-refractivity contribution >= 4 is 11.9 Å². The number of amides is 1. The number of benzene rings is 1. The molecule has 1 aromatic rings. The van der Waals surface area contributed by atoms with Gasteiger partial charge in [-0.3, -0.25) is 9.59 Å². The van der Waals surface area contributed by atoms with Gasteiger partial charge in [-0.15, -0.1) is 0 Å². The molecule has 0 spiro atoms. The molecule has 114 valence electrons. The van der Waals surface area contributed by atoms with E-state index in [0.717, 1.165) is 6.07 Å². The van der Waals surface area contributed by atoms with Gasteiger partial charge in [0, 0.05) is 19.8 Å². The van der Waals surface area contributed by atoms with Gasteiger partial charge < -0.3 is 20.3 Å². The zero-order valence-electron chi connectivity index (χ0n) is 11.3. The number of ether oxygens (including phenoxy) is 1. The molecule has 0 saturated carbocycles. The Labute approximate surface area is 120 Å². The lowest BCUT2D eigenvalue weighted by Gasteiger charge is -2.33. The van der Waals surface area contributed by atoms with Crippen molar-refractivity contribution in [1.82, 2.24) is 5.32 Å². The predicted molar refractivity (Wildman–Crippen MR) is 70.5 cm³/mol. The van der Waals surface area contributed by atoms with Crippen LogP contribution >= 0.6 is 0 Å². The number of rotatable bonds is 4. The Balaban J connectivity index is 2.11. The second-order valence-electron chi connectivity index (χ2n) is 5.01. The molecular formula is C14H16FNO5. The summed E-state index contributed by atoms with van der Waals surface area (Å²) in [5, 5.41) is 21.3. The van der Waals surface area contributed by atoms with E-state index < -0.39 is 34.4 Å². The Morgan fingerprint density at radius 3 is 2.57 bits per heavy atom. The number of phenolic OH excluding ortho intramolecular Hbond substituents is 1. The highest BCUT2D eigenvalue weighted by Gasteiger charge is 2.40. The van der Waals surface area contributed by atoms with E-state index in [1.165, 1.54) is 12.1 Å². The van der Waals surface area contributed by atoms with Crippen LogP contribution in [0.25, 0.3) is 0 Å². The molecule has 1 aliphatic heterocycles. The maximum Gasteiger partial charge on any atom is 0.311 e. The number of hydrogen-bond donors (Lipinski definition) is 3. The van der Waals surface area contributed by atoms with Gasteiger partial charge in [0.15, 0.2) is 0 Å². The van der Waals surface area contributed by atoms with Gasteiger partial charge in [-0.1, -0.05) is 6.07 Å². The predicted octanol–water partition coefficient (Wildman–Crippen LogP) is 1.14. The Kier molecular flexibility index (Phi) is 4.42. The first kappa shape index (κ1) is 15.2. The summed E-state index contributed by atoms with van der Waals surface area (Å²) in [7, 11) is 0. The third-order valence-corrected chi connectivity index (χ3v) is 3.71. The van der Waals surface area contributed by atoms with E-state index in [9.17, 15) is 24.2 Å². The highest BCUT2D eigenvalue weighted by molar-refractivity contribution is 5.97. The summed E-state index contributed by atoms with van der Waals surface area (Å²) in [4.78, 5) is 23.4. The maximum absolute atomic E-state index is 13.6. The highest BCUT2D eigenvalue weighted by atomic mass is 19.1. The van der Waals surface area contributed by atoms with Crippen LogP contribution in [-0.2, 0) is 9.53 Å². The molecule has 21 heavy (non-hydrogen) atoms. The number of halogens is 1. The van der Waals surface area contributed by atoms with Crippen LogP contribution in [-0.4, -0.2) is 41.8 Å². The molecular weight excluding hydrogens is 281 g/mol. The third kappa shape index (κ3) is 3.13. The SMILES string of the molecule is O=C(NCC1(C(=O)O)CCOCC1)c1c(O)cccc1F. The fraction of sp³-hybridized carbons (Fsp3) is 0.429. The van der Waals surface area contributed by atoms with Crippen molar-refractivity contribution in [3.8, 4) is 5.75 Å². The second-order valence-corrected chi connectivity index (χ2v) is 5.01. The molecule has 0 atom stereocenters. The van der Waals surface area contributed by atoms with E-state index in [1.807, 2.05) is 0 Å². The first-order chi connectivity index (χ1) is 9.96. The molecule has 1 saturated heterocycles. The number of carbonyl (C=O) groups is 2. The third-order valence-electron chi connectivity index (χ3n) is 3.71. The molecule has 1 aliphatic rings. The zero-order valence-corrected chi connectivity index (χ0v) is 11.3. The van der Waals surface area contributed by atoms with Gasteiger partial charge in [0.05, 0.1) is 5.41 Å². The second kappa shape index (κ2) is 6.09. The van der Waals surface area contributed by atoms with Crippen LogP contribution in [0.15, 0.2) is 18.2 Å². The number of phenols is 1. The summed E-state index contributed by atoms with van der Waals surface area (Å²) in [5.41, 5.74) is -1.60. The topological polar surface area (TPSA) is 95.9 Å². The number of hydrogen-bond acceptors (Lipinski definition) is 4. The molecule has 1 amide bonds. The summed E-state index contributed by atoms with van der Waals surface area (Å²) < 4.78 is 18.7. The average molecular weight is 297 g/mol. The van der Waals surface area contributed by atoms with Crippen molar-refractivity contribution in [2.45, 2.75) is 12.8 Å². The molecule has 6 nitrogen and oxygen atoms in total. The van der Waals surface area contributed by atoms with Gasteiger partial charge in [0.2, 0.25) is 0 Å². The number of nitrogens with one attached hydrogen (secondary N) is 1. The Morgan fingerprint density at radius 2 is 2.00 bits per heavy atom. The van der Waals surface area contributed by atoms with Crippen LogP contribution in [0.5, 0.6) is 5.75 Å². The van der Waals surface area contributed by atoms with E-state index in [1.54, 1.807) is 0 Å². The van der Waals surface area contributed by atoms with E-state index in [2.05, 4.69) is 5.32 Å². The summed E-state index contributed by atoms with van der Waals surface area (Å²) >= 11 is 0. The van der Waals surface area contributed by atoms with Gasteiger partial charge in [0.1, 0.15) is 17.1 Å². The first-order valence-electron chi connectivity index (χ1n) is 6.53. The fourth-order valence-corrected chi connectivity index (χ4v) is 2.30. The molecule has 1 aromatic carbocycles. The van der Waals surface area contributed by atoms with E-state index in [4.69, 9.17) is 4.74 Å². The normalized spacial score (nSPS) is 17.2. The maximum atomic E-state index is 13.6. The van der Waals surface area contributed by atoms with Crippen LogP contribution in [0, 0.1) is 11.2 Å². The number of aromatic hydroxyl groups is 1. The van der Waals surface area contributed by atoms with Crippen molar-refractivity contribution < 1.29 is 28.9 Å². The Bertz CT molecular complexity index is 534. The minimum Gasteiger partial charge on any atom is -0.507 e. The summed E-state index contributed by atoms with van der Waals surface area (Å²) in [6.45, 7) is 0.457. The largest absolute Gasteiger partial charge is 0.507 e. The van der Waals surface area contributed by atoms with Crippen LogP contribution in [0.4, 0.5) is 4.39 Å². The quantitative estimate of drug-likeness (QED) is 0.774. The van der Waals surface area contributed by atoms with Crippen molar-refractivity contribution in [2.75, 3.05) is 19.8 Å². The number of carboxylic acid groups (broad SMARTS) is 1. The molecule has 2 rings (SSSR count). The lowest BCUT2D eigenvalue weighted by atomic mass is 9.80. The summed E-state index contributed by atoms with van der Waals surface area (Å²) in [5.74, 6) is -3.20. The van der Waals surface area contributed by atoms with E-state index >= 15 is 0 Å². The minimum atomic E-state index is -1.12. The monoisotopic (exact) mass is 297 g/mol. The van der Waals surface area contributed by atoms with Gasteiger partial charge in [-0.25, -0.2) is 4.39 Å². The van der Waals surface area contributed by atoms with E-state index in [0.29, 0.717) is 13.2 Å². The standard InChI is InChI=1S/C14H16FNO5/c15-9-2-1-3-10(17)11(9)12(18)16-8-14(13(19)20)4-6-21-7-5-14/h1-3,17H,4-8H2,(H,16,18)(H,19,20). The Morgan fingerprint density at radius 1 is 1.33 bits per heavy atom. The van der Waals surface area contributed by atoms with Crippen molar-refractivity contribution in [1.29, 1.82) is 0 Å². The summed E-state index contributed by atoms with van der Waals surface area (Å²) in [6, 6.07) is 3.52.